The summed E-state index contributed by atoms with van der Waals surface area (Å²) in [6.45, 7) is 22.1. The lowest BCUT2D eigenvalue weighted by molar-refractivity contribution is -0.0418. The van der Waals surface area contributed by atoms with Crippen molar-refractivity contribution in [1.82, 2.24) is 19.5 Å². The number of hydrogen-bond donors (Lipinski definition) is 1. The number of hydrogen-bond acceptors (Lipinski definition) is 9. The van der Waals surface area contributed by atoms with Gasteiger partial charge in [0.25, 0.3) is 16.1 Å². The molecule has 272 valence electrons. The zero-order valence-electron chi connectivity index (χ0n) is 30.7. The molecule has 0 spiro atoms. The van der Waals surface area contributed by atoms with Gasteiger partial charge >= 0.3 is 0 Å². The quantitative estimate of drug-likeness (QED) is 0.113. The van der Waals surface area contributed by atoms with Crippen molar-refractivity contribution >= 4 is 43.8 Å². The zero-order valence-corrected chi connectivity index (χ0v) is 33.5. The summed E-state index contributed by atoms with van der Waals surface area (Å²) in [5.41, 5.74) is 0.890. The summed E-state index contributed by atoms with van der Waals surface area (Å²) >= 11 is 0. The summed E-state index contributed by atoms with van der Waals surface area (Å²) in [6.07, 6.45) is -2.33. The Morgan fingerprint density at radius 1 is 0.900 bits per heavy atom. The monoisotopic (exact) mass is 743 g/mol. The predicted octanol–water partition coefficient (Wildman–Crippen LogP) is 8.04. The van der Waals surface area contributed by atoms with E-state index < -0.39 is 51.2 Å². The van der Waals surface area contributed by atoms with Gasteiger partial charge in [0.15, 0.2) is 27.8 Å². The second-order valence-corrected chi connectivity index (χ2v) is 27.1. The van der Waals surface area contributed by atoms with Crippen molar-refractivity contribution in [2.75, 3.05) is 11.3 Å². The largest absolute Gasteiger partial charge is 0.471 e. The van der Waals surface area contributed by atoms with E-state index in [0.29, 0.717) is 6.42 Å². The van der Waals surface area contributed by atoms with Crippen LogP contribution in [0.15, 0.2) is 65.6 Å². The summed E-state index contributed by atoms with van der Waals surface area (Å²) in [5.74, 6) is -0.373. The Hall–Kier alpha value is -3.22. The highest BCUT2D eigenvalue weighted by atomic mass is 32.2. The van der Waals surface area contributed by atoms with Crippen molar-refractivity contribution < 1.29 is 31.1 Å². The zero-order chi connectivity index (χ0) is 36.7. The minimum absolute atomic E-state index is 0.0180. The molecule has 3 heterocycles. The van der Waals surface area contributed by atoms with Gasteiger partial charge in [-0.15, -0.1) is 0 Å². The molecular formula is C35H50FN5O6SSi2. The smallest absolute Gasteiger partial charge is 0.293 e. The molecule has 4 aromatic rings. The Morgan fingerprint density at radius 3 is 2.10 bits per heavy atom. The maximum atomic E-state index is 16.1. The lowest BCUT2D eigenvalue weighted by atomic mass is 10.2. The normalized spacial score (nSPS) is 19.2. The lowest BCUT2D eigenvalue weighted by Crippen LogP contribution is -2.48. The molecule has 0 saturated carbocycles. The molecule has 50 heavy (non-hydrogen) atoms. The number of sulfonamides is 1. The number of fused-ring (bicyclic) bond motifs is 1. The molecule has 0 bridgehead atoms. The Kier molecular flexibility index (Phi) is 10.7. The van der Waals surface area contributed by atoms with Crippen molar-refractivity contribution in [3.05, 3.63) is 72.3 Å². The van der Waals surface area contributed by atoms with Crippen molar-refractivity contribution in [3.8, 4) is 5.88 Å². The molecule has 0 radical (unpaired) electrons. The van der Waals surface area contributed by atoms with Gasteiger partial charge in [0.2, 0.25) is 11.8 Å². The van der Waals surface area contributed by atoms with Crippen molar-refractivity contribution in [3.63, 3.8) is 0 Å². The average molecular weight is 744 g/mol. The second kappa shape index (κ2) is 14.1. The molecule has 2 aromatic heterocycles. The highest BCUT2D eigenvalue weighted by Crippen LogP contribution is 2.43. The van der Waals surface area contributed by atoms with Crippen LogP contribution in [0.4, 0.5) is 10.3 Å². The van der Waals surface area contributed by atoms with Crippen LogP contribution in [-0.4, -0.2) is 63.4 Å². The standard InChI is InChI=1S/C35H50FN5O6SSi2/c1-34(2,3)49(7,8)45-23-27-26(47-50(9,10)35(4,5)6)21-28(46-27)41-30-29(37-32(41)36)31(44-22-24-17-13-11-14-18-24)39-33(38-30)40-48(42,43)25-19-15-12-16-20-25/h11-20,26-28H,21-23H2,1-10H3,(H,38,39,40). The van der Waals surface area contributed by atoms with E-state index in [1.54, 1.807) is 18.2 Å². The van der Waals surface area contributed by atoms with E-state index in [4.69, 9.17) is 18.3 Å². The molecule has 1 fully saturated rings. The van der Waals surface area contributed by atoms with E-state index >= 15 is 4.39 Å². The summed E-state index contributed by atoms with van der Waals surface area (Å²) in [6, 6.07) is 17.2. The van der Waals surface area contributed by atoms with Crippen LogP contribution in [0.25, 0.3) is 11.2 Å². The number of ether oxygens (including phenoxy) is 2. The number of aromatic nitrogens is 4. The molecule has 1 N–H and O–H groups in total. The Balaban J connectivity index is 1.55. The van der Waals surface area contributed by atoms with Crippen LogP contribution >= 0.6 is 0 Å². The van der Waals surface area contributed by atoms with Crippen LogP contribution in [0.5, 0.6) is 5.88 Å². The molecule has 5 rings (SSSR count). The van der Waals surface area contributed by atoms with E-state index in [-0.39, 0.29) is 51.2 Å². The predicted molar refractivity (Wildman–Crippen MR) is 197 cm³/mol. The first-order valence-corrected chi connectivity index (χ1v) is 24.2. The molecule has 3 unspecified atom stereocenters. The molecule has 11 nitrogen and oxygen atoms in total. The van der Waals surface area contributed by atoms with Crippen molar-refractivity contribution in [2.45, 2.75) is 114 Å². The molecule has 1 aliphatic heterocycles. The highest BCUT2D eigenvalue weighted by molar-refractivity contribution is 7.92. The third-order valence-corrected chi connectivity index (χ3v) is 20.4. The first kappa shape index (κ1) is 38.0. The summed E-state index contributed by atoms with van der Waals surface area (Å²) < 4.78 is 72.6. The van der Waals surface area contributed by atoms with Crippen molar-refractivity contribution in [1.29, 1.82) is 0 Å². The van der Waals surface area contributed by atoms with Crippen LogP contribution in [-0.2, 0) is 30.2 Å². The lowest BCUT2D eigenvalue weighted by Gasteiger charge is -2.40. The fourth-order valence-electron chi connectivity index (χ4n) is 5.02. The molecule has 1 aliphatic rings. The van der Waals surface area contributed by atoms with Crippen LogP contribution in [0.1, 0.15) is 59.8 Å². The fourth-order valence-corrected chi connectivity index (χ4v) is 8.36. The summed E-state index contributed by atoms with van der Waals surface area (Å²) in [7, 11) is -8.54. The first-order valence-electron chi connectivity index (χ1n) is 16.9. The molecule has 0 amide bonds. The van der Waals surface area contributed by atoms with E-state index in [9.17, 15) is 8.42 Å². The van der Waals surface area contributed by atoms with Crippen LogP contribution in [0.3, 0.4) is 0 Å². The molecular weight excluding hydrogens is 694 g/mol. The number of anilines is 1. The van der Waals surface area contributed by atoms with Crippen molar-refractivity contribution in [2.24, 2.45) is 0 Å². The van der Waals surface area contributed by atoms with Gasteiger partial charge in [0.1, 0.15) is 18.9 Å². The van der Waals surface area contributed by atoms with Gasteiger partial charge in [0.05, 0.1) is 17.6 Å². The number of nitrogens with zero attached hydrogens (tertiary/aromatic N) is 4. The number of rotatable bonds is 12. The van der Waals surface area contributed by atoms with Gasteiger partial charge in [0, 0.05) is 6.42 Å². The van der Waals surface area contributed by atoms with E-state index in [2.05, 4.69) is 87.4 Å². The molecule has 3 atom stereocenters. The SMILES string of the molecule is CC(C)(C)[Si](C)(C)OCC1OC(n2c(F)nc3c(OCc4ccccc4)nc(NS(=O)(=O)c4ccccc4)nc32)CC1O[Si](C)(C)C(C)(C)C. The Bertz CT molecular complexity index is 1900. The van der Waals surface area contributed by atoms with Crippen LogP contribution < -0.4 is 9.46 Å². The Labute approximate surface area is 297 Å². The van der Waals surface area contributed by atoms with Crippen LogP contribution in [0.2, 0.25) is 36.3 Å². The Morgan fingerprint density at radius 2 is 1.50 bits per heavy atom. The van der Waals surface area contributed by atoms with Gasteiger partial charge in [-0.05, 0) is 54.0 Å². The summed E-state index contributed by atoms with van der Waals surface area (Å²) in [4.78, 5) is 13.0. The van der Waals surface area contributed by atoms with E-state index in [1.165, 1.54) is 16.7 Å². The number of benzene rings is 2. The van der Waals surface area contributed by atoms with Gasteiger partial charge in [-0.2, -0.15) is 19.3 Å². The highest BCUT2D eigenvalue weighted by Gasteiger charge is 2.47. The van der Waals surface area contributed by atoms with Crippen LogP contribution in [0, 0.1) is 6.08 Å². The van der Waals surface area contributed by atoms with Gasteiger partial charge in [-0.3, -0.25) is 4.57 Å². The molecule has 2 aromatic carbocycles. The third kappa shape index (κ3) is 8.29. The number of halogens is 1. The fraction of sp³-hybridized carbons (Fsp3) is 0.514. The average Bonchev–Trinajstić information content (AvgIpc) is 3.57. The van der Waals surface area contributed by atoms with Gasteiger partial charge in [-0.25, -0.2) is 13.1 Å². The summed E-state index contributed by atoms with van der Waals surface area (Å²) in [5, 5.41) is -0.101. The maximum Gasteiger partial charge on any atom is 0.293 e. The molecule has 1 saturated heterocycles. The number of nitrogens with one attached hydrogen (secondary N) is 1. The van der Waals surface area contributed by atoms with E-state index in [1.807, 2.05) is 30.3 Å². The van der Waals surface area contributed by atoms with Gasteiger partial charge < -0.3 is 18.3 Å². The second-order valence-electron chi connectivity index (χ2n) is 15.8. The topological polar surface area (TPSA) is 127 Å². The maximum absolute atomic E-state index is 16.1. The minimum Gasteiger partial charge on any atom is -0.471 e. The third-order valence-electron chi connectivity index (χ3n) is 10.1. The molecule has 0 aliphatic carbocycles. The first-order chi connectivity index (χ1) is 23.2. The number of imidazole rings is 1. The minimum atomic E-state index is -4.09. The van der Waals surface area contributed by atoms with Gasteiger partial charge in [-0.1, -0.05) is 90.1 Å². The molecule has 15 heteroatoms. The van der Waals surface area contributed by atoms with E-state index in [0.717, 1.165) is 5.56 Å².